The van der Waals surface area contributed by atoms with E-state index in [1.165, 1.54) is 24.3 Å². The lowest BCUT2D eigenvalue weighted by Gasteiger charge is -2.23. The lowest BCUT2D eigenvalue weighted by molar-refractivity contribution is -0.135. The molecule has 9 nitrogen and oxygen atoms in total. The fraction of sp³-hybridized carbons (Fsp3) is 0.160. The van der Waals surface area contributed by atoms with Gasteiger partial charge < -0.3 is 15.0 Å². The maximum Gasteiger partial charge on any atom is 0.324 e. The Bertz CT molecular complexity index is 1630. The molecule has 1 aliphatic rings. The molecule has 12 heteroatoms. The van der Waals surface area contributed by atoms with Gasteiger partial charge in [0.2, 0.25) is 0 Å². The number of nitrogens with zero attached hydrogens (tertiary/aromatic N) is 3. The molecular weight excluding hydrogens is 539 g/mol. The molecule has 0 radical (unpaired) electrons. The molecular formula is C25H20Cl2N4O5S. The van der Waals surface area contributed by atoms with Crippen LogP contribution in [0.15, 0.2) is 71.9 Å². The summed E-state index contributed by atoms with van der Waals surface area (Å²) in [6.07, 6.45) is 5.25. The third-order valence-electron chi connectivity index (χ3n) is 5.83. The molecule has 4 aromatic rings. The van der Waals surface area contributed by atoms with Crippen LogP contribution in [0.2, 0.25) is 10.0 Å². The summed E-state index contributed by atoms with van der Waals surface area (Å²) in [5.41, 5.74) is 1.32. The van der Waals surface area contributed by atoms with Crippen molar-refractivity contribution < 1.29 is 23.1 Å². The summed E-state index contributed by atoms with van der Waals surface area (Å²) in [4.78, 5) is 28.2. The summed E-state index contributed by atoms with van der Waals surface area (Å²) in [5.74, 6) is -0.991. The largest absolute Gasteiger partial charge is 0.480 e. The maximum atomic E-state index is 13.4. The number of nitrogens with one attached hydrogen (secondary N) is 1. The Kier molecular flexibility index (Phi) is 6.57. The zero-order valence-electron chi connectivity index (χ0n) is 19.1. The van der Waals surface area contributed by atoms with Crippen LogP contribution in [0.4, 0.5) is 5.69 Å². The second-order valence-electron chi connectivity index (χ2n) is 8.59. The Morgan fingerprint density at radius 1 is 1.05 bits per heavy atom. The number of carboxylic acids is 1. The average Bonchev–Trinajstić information content (AvgIpc) is 3.56. The lowest BCUT2D eigenvalue weighted by Crippen LogP contribution is -2.35. The van der Waals surface area contributed by atoms with Gasteiger partial charge in [0.15, 0.2) is 0 Å². The van der Waals surface area contributed by atoms with Crippen LogP contribution in [0.1, 0.15) is 23.2 Å². The van der Waals surface area contributed by atoms with E-state index in [1.54, 1.807) is 47.3 Å². The molecule has 0 bridgehead atoms. The second-order valence-corrected chi connectivity index (χ2v) is 11.3. The highest BCUT2D eigenvalue weighted by Gasteiger charge is 2.28. The van der Waals surface area contributed by atoms with Crippen molar-refractivity contribution in [2.75, 3.05) is 10.8 Å². The van der Waals surface area contributed by atoms with E-state index in [0.717, 1.165) is 17.1 Å². The standard InChI is InChI=1S/C25H20Cl2N4O5S/c26-17-11-18(27)13-21(12-17)37(35,36)31(14-24(32)33)20-3-4-22-15(9-20)6-8-30(22)23-10-16(5-7-28-23)25(34)29-19-1-2-19/h3-13,19H,1-2,14H2,(H,29,34)(H,32,33). The number of pyridine rings is 1. The van der Waals surface area contributed by atoms with Crippen molar-refractivity contribution in [3.05, 3.63) is 82.6 Å². The van der Waals surface area contributed by atoms with Crippen molar-refractivity contribution in [1.82, 2.24) is 14.9 Å². The zero-order chi connectivity index (χ0) is 26.3. The lowest BCUT2D eigenvalue weighted by atomic mass is 10.2. The molecule has 1 fully saturated rings. The van der Waals surface area contributed by atoms with Crippen LogP contribution in [0, 0.1) is 0 Å². The van der Waals surface area contributed by atoms with Gasteiger partial charge in [0, 0.05) is 39.4 Å². The molecule has 2 aromatic heterocycles. The fourth-order valence-corrected chi connectivity index (χ4v) is 6.05. The van der Waals surface area contributed by atoms with Gasteiger partial charge in [-0.1, -0.05) is 23.2 Å². The van der Waals surface area contributed by atoms with Gasteiger partial charge in [0.1, 0.15) is 12.4 Å². The van der Waals surface area contributed by atoms with Crippen LogP contribution in [-0.4, -0.2) is 47.5 Å². The summed E-state index contributed by atoms with van der Waals surface area (Å²) in [6, 6.07) is 13.8. The first-order valence-corrected chi connectivity index (χ1v) is 13.4. The summed E-state index contributed by atoms with van der Waals surface area (Å²) >= 11 is 12.0. The molecule has 0 saturated heterocycles. The Labute approximate surface area is 222 Å². The molecule has 1 aliphatic carbocycles. The van der Waals surface area contributed by atoms with E-state index in [4.69, 9.17) is 23.2 Å². The minimum atomic E-state index is -4.31. The first kappa shape index (κ1) is 25.1. The Balaban J connectivity index is 1.52. The molecule has 0 aliphatic heterocycles. The van der Waals surface area contributed by atoms with Gasteiger partial charge >= 0.3 is 5.97 Å². The van der Waals surface area contributed by atoms with Crippen LogP contribution in [0.25, 0.3) is 16.7 Å². The minimum absolute atomic E-state index is 0.106. The third kappa shape index (κ3) is 5.27. The number of halogens is 2. The second kappa shape index (κ2) is 9.70. The molecule has 2 aromatic carbocycles. The number of benzene rings is 2. The quantitative estimate of drug-likeness (QED) is 0.328. The highest BCUT2D eigenvalue weighted by Crippen LogP contribution is 2.31. The van der Waals surface area contributed by atoms with Gasteiger partial charge in [-0.05, 0) is 67.4 Å². The highest BCUT2D eigenvalue weighted by atomic mass is 35.5. The van der Waals surface area contributed by atoms with Gasteiger partial charge in [0.05, 0.1) is 16.1 Å². The SMILES string of the molecule is O=C(O)CN(c1ccc2c(ccn2-c2cc(C(=O)NC3CC3)ccn2)c1)S(=O)(=O)c1cc(Cl)cc(Cl)c1. The Hall–Kier alpha value is -3.60. The molecule has 1 amide bonds. The molecule has 2 heterocycles. The van der Waals surface area contributed by atoms with Gasteiger partial charge in [-0.3, -0.25) is 13.9 Å². The monoisotopic (exact) mass is 558 g/mol. The Morgan fingerprint density at radius 2 is 1.78 bits per heavy atom. The van der Waals surface area contributed by atoms with Gasteiger partial charge in [-0.25, -0.2) is 13.4 Å². The molecule has 190 valence electrons. The number of hydrogen-bond donors (Lipinski definition) is 2. The van der Waals surface area contributed by atoms with Crippen LogP contribution < -0.4 is 9.62 Å². The Morgan fingerprint density at radius 3 is 2.46 bits per heavy atom. The van der Waals surface area contributed by atoms with Crippen molar-refractivity contribution in [2.45, 2.75) is 23.8 Å². The van der Waals surface area contributed by atoms with Gasteiger partial charge in [-0.2, -0.15) is 0 Å². The number of carbonyl (C=O) groups excluding carboxylic acids is 1. The normalized spacial score (nSPS) is 13.5. The van der Waals surface area contributed by atoms with Gasteiger partial charge in [-0.15, -0.1) is 0 Å². The number of rotatable bonds is 8. The van der Waals surface area contributed by atoms with Crippen LogP contribution in [0.5, 0.6) is 0 Å². The molecule has 1 saturated carbocycles. The first-order valence-electron chi connectivity index (χ1n) is 11.2. The van der Waals surface area contributed by atoms with E-state index < -0.39 is 22.5 Å². The predicted octanol–water partition coefficient (Wildman–Crippen LogP) is 4.50. The maximum absolute atomic E-state index is 13.4. The third-order valence-corrected chi connectivity index (χ3v) is 8.02. The van der Waals surface area contributed by atoms with Crippen LogP contribution in [-0.2, 0) is 14.8 Å². The molecule has 2 N–H and O–H groups in total. The van der Waals surface area contributed by atoms with E-state index in [-0.39, 0.29) is 32.6 Å². The summed E-state index contributed by atoms with van der Waals surface area (Å²) in [7, 11) is -4.31. The number of anilines is 1. The zero-order valence-corrected chi connectivity index (χ0v) is 21.5. The van der Waals surface area contributed by atoms with Crippen molar-refractivity contribution in [1.29, 1.82) is 0 Å². The van der Waals surface area contributed by atoms with Crippen molar-refractivity contribution in [3.63, 3.8) is 0 Å². The molecule has 37 heavy (non-hydrogen) atoms. The summed E-state index contributed by atoms with van der Waals surface area (Å²) in [5, 5.41) is 13.3. The number of amides is 1. The summed E-state index contributed by atoms with van der Waals surface area (Å²) in [6.45, 7) is -0.807. The number of hydrogen-bond acceptors (Lipinski definition) is 5. The summed E-state index contributed by atoms with van der Waals surface area (Å²) < 4.78 is 29.4. The number of sulfonamides is 1. The van der Waals surface area contributed by atoms with E-state index in [1.807, 2.05) is 0 Å². The first-order chi connectivity index (χ1) is 17.6. The van der Waals surface area contributed by atoms with E-state index in [9.17, 15) is 23.1 Å². The topological polar surface area (TPSA) is 122 Å². The minimum Gasteiger partial charge on any atom is -0.480 e. The molecule has 0 spiro atoms. The van der Waals surface area contributed by atoms with Crippen LogP contribution >= 0.6 is 23.2 Å². The van der Waals surface area contributed by atoms with Crippen LogP contribution in [0.3, 0.4) is 0 Å². The predicted molar refractivity (Wildman–Crippen MR) is 140 cm³/mol. The number of carboxylic acid groups (broad SMARTS) is 1. The number of carbonyl (C=O) groups is 2. The van der Waals surface area contributed by atoms with Gasteiger partial charge in [0.25, 0.3) is 15.9 Å². The smallest absolute Gasteiger partial charge is 0.324 e. The molecule has 0 unspecified atom stereocenters. The molecule has 0 atom stereocenters. The van der Waals surface area contributed by atoms with Crippen molar-refractivity contribution in [3.8, 4) is 5.82 Å². The molecule has 5 rings (SSSR count). The average molecular weight is 559 g/mol. The van der Waals surface area contributed by atoms with Crippen molar-refractivity contribution >= 4 is 61.7 Å². The van der Waals surface area contributed by atoms with E-state index in [0.29, 0.717) is 22.3 Å². The van der Waals surface area contributed by atoms with E-state index >= 15 is 0 Å². The van der Waals surface area contributed by atoms with E-state index in [2.05, 4.69) is 10.3 Å². The number of fused-ring (bicyclic) bond motifs is 1. The number of aromatic nitrogens is 2. The number of aliphatic carboxylic acids is 1. The highest BCUT2D eigenvalue weighted by molar-refractivity contribution is 7.92. The van der Waals surface area contributed by atoms with Crippen molar-refractivity contribution in [2.24, 2.45) is 0 Å². The fourth-order valence-electron chi connectivity index (χ4n) is 3.92.